The van der Waals surface area contributed by atoms with E-state index in [4.69, 9.17) is 5.26 Å². The van der Waals surface area contributed by atoms with E-state index >= 15 is 0 Å². The zero-order chi connectivity index (χ0) is 12.4. The molecule has 1 aliphatic carbocycles. The number of benzene rings is 1. The largest absolute Gasteiger partial charge is 0.376 e. The molecule has 2 unspecified atom stereocenters. The summed E-state index contributed by atoms with van der Waals surface area (Å²) < 4.78 is 27.3. The predicted octanol–water partition coefficient (Wildman–Crippen LogP) is 3.38. The lowest BCUT2D eigenvalue weighted by molar-refractivity contribution is 0.564. The van der Waals surface area contributed by atoms with Gasteiger partial charge in [-0.25, -0.2) is 8.78 Å². The second-order valence-corrected chi connectivity index (χ2v) is 4.47. The molecule has 0 bridgehead atoms. The van der Waals surface area contributed by atoms with Crippen LogP contribution < -0.4 is 5.32 Å². The molecule has 0 spiro atoms. The summed E-state index contributed by atoms with van der Waals surface area (Å²) >= 11 is 0. The van der Waals surface area contributed by atoms with E-state index in [1.807, 2.05) is 0 Å². The van der Waals surface area contributed by atoms with Gasteiger partial charge in [-0.05, 0) is 37.8 Å². The Kier molecular flexibility index (Phi) is 3.28. The minimum Gasteiger partial charge on any atom is -0.376 e. The maximum absolute atomic E-state index is 13.8. The number of nitriles is 1. The van der Waals surface area contributed by atoms with Crippen LogP contribution in [0, 0.1) is 35.8 Å². The van der Waals surface area contributed by atoms with E-state index in [2.05, 4.69) is 11.4 Å². The van der Waals surface area contributed by atoms with Gasteiger partial charge < -0.3 is 5.32 Å². The van der Waals surface area contributed by atoms with Crippen molar-refractivity contribution in [2.24, 2.45) is 5.92 Å². The van der Waals surface area contributed by atoms with Crippen molar-refractivity contribution in [1.29, 1.82) is 5.26 Å². The predicted molar refractivity (Wildman–Crippen MR) is 61.5 cm³/mol. The van der Waals surface area contributed by atoms with E-state index in [1.54, 1.807) is 6.92 Å². The summed E-state index contributed by atoms with van der Waals surface area (Å²) in [6, 6.07) is 4.69. The van der Waals surface area contributed by atoms with Crippen molar-refractivity contribution < 1.29 is 8.78 Å². The van der Waals surface area contributed by atoms with Crippen molar-refractivity contribution in [2.45, 2.75) is 32.2 Å². The van der Waals surface area contributed by atoms with Crippen LogP contribution in [0.3, 0.4) is 0 Å². The highest BCUT2D eigenvalue weighted by atomic mass is 19.1. The molecule has 0 saturated heterocycles. The Morgan fingerprint density at radius 1 is 1.35 bits per heavy atom. The Hall–Kier alpha value is -1.63. The summed E-state index contributed by atoms with van der Waals surface area (Å²) in [6.07, 6.45) is 2.50. The van der Waals surface area contributed by atoms with Gasteiger partial charge in [-0.15, -0.1) is 0 Å². The molecule has 1 aliphatic rings. The van der Waals surface area contributed by atoms with Gasteiger partial charge in [0, 0.05) is 6.04 Å². The number of hydrogen-bond donors (Lipinski definition) is 1. The van der Waals surface area contributed by atoms with Crippen LogP contribution in [0.2, 0.25) is 0 Å². The third-order valence-corrected chi connectivity index (χ3v) is 3.30. The smallest absolute Gasteiger partial charge is 0.152 e. The third-order valence-electron chi connectivity index (χ3n) is 3.30. The third kappa shape index (κ3) is 2.23. The molecule has 0 amide bonds. The van der Waals surface area contributed by atoms with Gasteiger partial charge in [-0.1, -0.05) is 6.07 Å². The first kappa shape index (κ1) is 11.8. The lowest BCUT2D eigenvalue weighted by Gasteiger charge is -2.18. The summed E-state index contributed by atoms with van der Waals surface area (Å²) in [7, 11) is 0. The number of hydrogen-bond acceptors (Lipinski definition) is 2. The molecular weight excluding hydrogens is 222 g/mol. The van der Waals surface area contributed by atoms with E-state index in [1.165, 1.54) is 12.1 Å². The lowest BCUT2D eigenvalue weighted by Crippen LogP contribution is -2.24. The Bertz CT molecular complexity index is 465. The molecule has 90 valence electrons. The highest BCUT2D eigenvalue weighted by Gasteiger charge is 2.28. The summed E-state index contributed by atoms with van der Waals surface area (Å²) in [5.74, 6) is -1.32. The van der Waals surface area contributed by atoms with Crippen LogP contribution in [0.1, 0.15) is 24.8 Å². The number of rotatable bonds is 2. The maximum atomic E-state index is 13.8. The van der Waals surface area contributed by atoms with Gasteiger partial charge in [0.1, 0.15) is 11.5 Å². The van der Waals surface area contributed by atoms with Gasteiger partial charge in [-0.3, -0.25) is 0 Å². The first-order valence-electron chi connectivity index (χ1n) is 5.74. The Morgan fingerprint density at radius 2 is 2.12 bits per heavy atom. The van der Waals surface area contributed by atoms with Crippen molar-refractivity contribution in [3.8, 4) is 6.07 Å². The minimum absolute atomic E-state index is 0.0999. The fourth-order valence-corrected chi connectivity index (χ4v) is 2.26. The highest BCUT2D eigenvalue weighted by molar-refractivity contribution is 5.50. The zero-order valence-corrected chi connectivity index (χ0v) is 9.63. The first-order chi connectivity index (χ1) is 8.13. The Morgan fingerprint density at radius 3 is 2.82 bits per heavy atom. The molecule has 0 aromatic heterocycles. The molecule has 1 saturated carbocycles. The number of halogens is 2. The second kappa shape index (κ2) is 4.70. The number of aryl methyl sites for hydroxylation is 1. The van der Waals surface area contributed by atoms with Crippen molar-refractivity contribution in [3.05, 3.63) is 29.3 Å². The molecule has 0 heterocycles. The number of anilines is 1. The molecule has 4 heteroatoms. The average Bonchev–Trinajstić information content (AvgIpc) is 2.77. The van der Waals surface area contributed by atoms with E-state index in [0.29, 0.717) is 5.56 Å². The molecule has 1 fully saturated rings. The van der Waals surface area contributed by atoms with Crippen LogP contribution in [0.15, 0.2) is 12.1 Å². The normalized spacial score (nSPS) is 23.4. The summed E-state index contributed by atoms with van der Waals surface area (Å²) in [4.78, 5) is 0. The molecule has 1 aromatic carbocycles. The fourth-order valence-electron chi connectivity index (χ4n) is 2.26. The monoisotopic (exact) mass is 236 g/mol. The molecule has 0 radical (unpaired) electrons. The molecule has 2 atom stereocenters. The molecule has 17 heavy (non-hydrogen) atoms. The first-order valence-corrected chi connectivity index (χ1v) is 5.74. The van der Waals surface area contributed by atoms with Gasteiger partial charge in [0.2, 0.25) is 0 Å². The van der Waals surface area contributed by atoms with Crippen LogP contribution in [-0.4, -0.2) is 6.04 Å². The standard InChI is InChI=1S/C13H14F2N2/c1-8-5-6-10(14)13(12(8)15)17-11-4-2-3-9(11)7-16/h5-6,9,11,17H,2-4H2,1H3. The summed E-state index contributed by atoms with van der Waals surface area (Å²) in [5, 5.41) is 11.8. The van der Waals surface area contributed by atoms with Crippen LogP contribution in [0.25, 0.3) is 0 Å². The van der Waals surface area contributed by atoms with Crippen LogP contribution in [0.5, 0.6) is 0 Å². The number of nitrogens with one attached hydrogen (secondary N) is 1. The topological polar surface area (TPSA) is 35.8 Å². The Balaban J connectivity index is 2.24. The van der Waals surface area contributed by atoms with Crippen LogP contribution >= 0.6 is 0 Å². The van der Waals surface area contributed by atoms with E-state index in [-0.39, 0.29) is 17.6 Å². The fraction of sp³-hybridized carbons (Fsp3) is 0.462. The van der Waals surface area contributed by atoms with Crippen LogP contribution in [-0.2, 0) is 0 Å². The second-order valence-electron chi connectivity index (χ2n) is 4.47. The van der Waals surface area contributed by atoms with E-state index < -0.39 is 11.6 Å². The van der Waals surface area contributed by atoms with Gasteiger partial charge in [0.15, 0.2) is 5.82 Å². The number of nitrogens with zero attached hydrogens (tertiary/aromatic N) is 1. The van der Waals surface area contributed by atoms with Gasteiger partial charge in [0.05, 0.1) is 12.0 Å². The maximum Gasteiger partial charge on any atom is 0.152 e. The summed E-state index contributed by atoms with van der Waals surface area (Å²) in [5.41, 5.74) is 0.303. The van der Waals surface area contributed by atoms with E-state index in [9.17, 15) is 8.78 Å². The molecular formula is C13H14F2N2. The van der Waals surface area contributed by atoms with Gasteiger partial charge >= 0.3 is 0 Å². The Labute approximate surface area is 99.3 Å². The molecule has 2 nitrogen and oxygen atoms in total. The van der Waals surface area contributed by atoms with Crippen molar-refractivity contribution in [2.75, 3.05) is 5.32 Å². The molecule has 1 N–H and O–H groups in total. The van der Waals surface area contributed by atoms with Crippen LogP contribution in [0.4, 0.5) is 14.5 Å². The minimum atomic E-state index is -0.600. The zero-order valence-electron chi connectivity index (χ0n) is 9.63. The quantitative estimate of drug-likeness (QED) is 0.854. The van der Waals surface area contributed by atoms with Crippen molar-refractivity contribution in [3.63, 3.8) is 0 Å². The average molecular weight is 236 g/mol. The molecule has 0 aliphatic heterocycles. The van der Waals surface area contributed by atoms with Crippen molar-refractivity contribution in [1.82, 2.24) is 0 Å². The van der Waals surface area contributed by atoms with Gasteiger partial charge in [0.25, 0.3) is 0 Å². The van der Waals surface area contributed by atoms with Gasteiger partial charge in [-0.2, -0.15) is 5.26 Å². The lowest BCUT2D eigenvalue weighted by atomic mass is 10.0. The van der Waals surface area contributed by atoms with Crippen molar-refractivity contribution >= 4 is 5.69 Å². The summed E-state index contributed by atoms with van der Waals surface area (Å²) in [6.45, 7) is 1.59. The van der Waals surface area contributed by atoms with E-state index in [0.717, 1.165) is 19.3 Å². The molecule has 1 aromatic rings. The SMILES string of the molecule is Cc1ccc(F)c(NC2CCCC2C#N)c1F. The highest BCUT2D eigenvalue weighted by Crippen LogP contribution is 2.30. The molecule has 2 rings (SSSR count).